The zero-order chi connectivity index (χ0) is 12.4. The highest BCUT2D eigenvalue weighted by Gasteiger charge is 2.16. The second kappa shape index (κ2) is 4.65. The van der Waals surface area contributed by atoms with E-state index in [1.165, 1.54) is 6.07 Å². The van der Waals surface area contributed by atoms with Crippen LogP contribution in [0.5, 0.6) is 5.75 Å². The Bertz CT molecular complexity index is 543. The highest BCUT2D eigenvalue weighted by Crippen LogP contribution is 2.33. The van der Waals surface area contributed by atoms with Gasteiger partial charge in [-0.05, 0) is 24.3 Å². The molecule has 88 valence electrons. The zero-order valence-corrected chi connectivity index (χ0v) is 9.72. The Morgan fingerprint density at radius 3 is 2.47 bits per heavy atom. The maximum absolute atomic E-state index is 10.2. The molecule has 1 atom stereocenters. The first-order chi connectivity index (χ1) is 8.09. The van der Waals surface area contributed by atoms with Crippen LogP contribution in [0.25, 0.3) is 0 Å². The lowest BCUT2D eigenvalue weighted by Crippen LogP contribution is -2.04. The lowest BCUT2D eigenvalue weighted by atomic mass is 9.99. The van der Waals surface area contributed by atoms with Crippen molar-refractivity contribution in [1.82, 2.24) is 0 Å². The lowest BCUT2D eigenvalue weighted by molar-refractivity contribution is 0.216. The Kier molecular flexibility index (Phi) is 3.22. The van der Waals surface area contributed by atoms with E-state index >= 15 is 0 Å². The average Bonchev–Trinajstić information content (AvgIpc) is 2.32. The van der Waals surface area contributed by atoms with Crippen molar-refractivity contribution in [3.63, 3.8) is 0 Å². The van der Waals surface area contributed by atoms with Crippen molar-refractivity contribution in [2.75, 3.05) is 5.73 Å². The van der Waals surface area contributed by atoms with Crippen LogP contribution >= 0.6 is 11.6 Å². The molecule has 0 aromatic heterocycles. The van der Waals surface area contributed by atoms with Crippen molar-refractivity contribution in [2.45, 2.75) is 6.10 Å². The summed E-state index contributed by atoms with van der Waals surface area (Å²) in [7, 11) is 0. The number of aromatic hydroxyl groups is 1. The van der Waals surface area contributed by atoms with Gasteiger partial charge in [-0.3, -0.25) is 0 Å². The number of phenols is 1. The second-order valence-corrected chi connectivity index (χ2v) is 4.17. The molecule has 0 aliphatic rings. The van der Waals surface area contributed by atoms with E-state index in [-0.39, 0.29) is 5.75 Å². The topological polar surface area (TPSA) is 66.5 Å². The Hall–Kier alpha value is -1.71. The minimum Gasteiger partial charge on any atom is -0.508 e. The molecule has 0 heterocycles. The van der Waals surface area contributed by atoms with Crippen molar-refractivity contribution >= 4 is 17.3 Å². The number of aliphatic hydroxyl groups excluding tert-OH is 1. The molecule has 0 spiro atoms. The fourth-order valence-corrected chi connectivity index (χ4v) is 1.85. The molecular formula is C13H12ClNO2. The molecule has 0 amide bonds. The Morgan fingerprint density at radius 2 is 1.76 bits per heavy atom. The van der Waals surface area contributed by atoms with E-state index in [0.717, 1.165) is 0 Å². The number of aliphatic hydroxyl groups is 1. The van der Waals surface area contributed by atoms with Gasteiger partial charge in [0.05, 0.1) is 0 Å². The number of hydrogen-bond donors (Lipinski definition) is 3. The van der Waals surface area contributed by atoms with E-state index in [2.05, 4.69) is 0 Å². The summed E-state index contributed by atoms with van der Waals surface area (Å²) in [6.45, 7) is 0. The molecule has 2 aromatic rings. The van der Waals surface area contributed by atoms with Crippen LogP contribution in [-0.2, 0) is 0 Å². The molecule has 2 rings (SSSR count). The quantitative estimate of drug-likeness (QED) is 0.717. The summed E-state index contributed by atoms with van der Waals surface area (Å²) < 4.78 is 0. The largest absolute Gasteiger partial charge is 0.508 e. The van der Waals surface area contributed by atoms with E-state index in [1.807, 2.05) is 0 Å². The first kappa shape index (κ1) is 11.8. The van der Waals surface area contributed by atoms with Crippen LogP contribution in [0.4, 0.5) is 5.69 Å². The SMILES string of the molecule is Nc1ccc(Cl)cc1C(O)c1ccccc1O. The van der Waals surface area contributed by atoms with E-state index < -0.39 is 6.10 Å². The number of anilines is 1. The molecule has 0 aliphatic heterocycles. The van der Waals surface area contributed by atoms with Crippen LogP contribution in [0.1, 0.15) is 17.2 Å². The first-order valence-corrected chi connectivity index (χ1v) is 5.48. The van der Waals surface area contributed by atoms with E-state index in [1.54, 1.807) is 36.4 Å². The number of hydrogen-bond acceptors (Lipinski definition) is 3. The van der Waals surface area contributed by atoms with Gasteiger partial charge < -0.3 is 15.9 Å². The number of halogens is 1. The predicted molar refractivity (Wildman–Crippen MR) is 68.0 cm³/mol. The normalized spacial score (nSPS) is 12.4. The number of nitrogens with two attached hydrogens (primary N) is 1. The van der Waals surface area contributed by atoms with Gasteiger partial charge in [0.25, 0.3) is 0 Å². The highest BCUT2D eigenvalue weighted by molar-refractivity contribution is 6.30. The molecule has 0 aliphatic carbocycles. The van der Waals surface area contributed by atoms with Crippen molar-refractivity contribution in [3.05, 3.63) is 58.6 Å². The molecule has 0 saturated heterocycles. The number of para-hydroxylation sites is 1. The summed E-state index contributed by atoms with van der Waals surface area (Å²) in [6, 6.07) is 11.4. The fraction of sp³-hybridized carbons (Fsp3) is 0.0769. The smallest absolute Gasteiger partial charge is 0.121 e. The van der Waals surface area contributed by atoms with Crippen molar-refractivity contribution in [3.8, 4) is 5.75 Å². The number of nitrogen functional groups attached to an aromatic ring is 1. The molecule has 0 fully saturated rings. The summed E-state index contributed by atoms with van der Waals surface area (Å²) in [5.74, 6) is 0.0272. The molecule has 4 heteroatoms. The zero-order valence-electron chi connectivity index (χ0n) is 8.97. The van der Waals surface area contributed by atoms with Gasteiger partial charge in [-0.2, -0.15) is 0 Å². The third-order valence-corrected chi connectivity index (χ3v) is 2.81. The van der Waals surface area contributed by atoms with Crippen molar-refractivity contribution in [1.29, 1.82) is 0 Å². The van der Waals surface area contributed by atoms with E-state index in [0.29, 0.717) is 21.8 Å². The molecule has 1 unspecified atom stereocenters. The first-order valence-electron chi connectivity index (χ1n) is 5.10. The van der Waals surface area contributed by atoms with Crippen LogP contribution in [-0.4, -0.2) is 10.2 Å². The molecule has 2 aromatic carbocycles. The number of phenolic OH excluding ortho intramolecular Hbond substituents is 1. The minimum absolute atomic E-state index is 0.0272. The fourth-order valence-electron chi connectivity index (χ4n) is 1.67. The van der Waals surface area contributed by atoms with Crippen LogP contribution in [0.2, 0.25) is 5.02 Å². The Balaban J connectivity index is 2.47. The van der Waals surface area contributed by atoms with Gasteiger partial charge in [0.15, 0.2) is 0 Å². The highest BCUT2D eigenvalue weighted by atomic mass is 35.5. The Morgan fingerprint density at radius 1 is 1.06 bits per heavy atom. The Labute approximate surface area is 104 Å². The summed E-state index contributed by atoms with van der Waals surface area (Å²) in [4.78, 5) is 0. The molecule has 0 saturated carbocycles. The van der Waals surface area contributed by atoms with Gasteiger partial charge in [0.1, 0.15) is 11.9 Å². The standard InChI is InChI=1S/C13H12ClNO2/c14-8-5-6-11(15)10(7-8)13(17)9-3-1-2-4-12(9)16/h1-7,13,16-17H,15H2. The average molecular weight is 250 g/mol. The molecular weight excluding hydrogens is 238 g/mol. The molecule has 3 nitrogen and oxygen atoms in total. The van der Waals surface area contributed by atoms with Gasteiger partial charge in [0.2, 0.25) is 0 Å². The third kappa shape index (κ3) is 2.35. The van der Waals surface area contributed by atoms with Crippen LogP contribution in [0, 0.1) is 0 Å². The summed E-state index contributed by atoms with van der Waals surface area (Å²) in [5, 5.41) is 20.3. The van der Waals surface area contributed by atoms with E-state index in [9.17, 15) is 10.2 Å². The molecule has 17 heavy (non-hydrogen) atoms. The summed E-state index contributed by atoms with van der Waals surface area (Å²) in [6.07, 6.45) is -0.991. The van der Waals surface area contributed by atoms with Gasteiger partial charge >= 0.3 is 0 Å². The second-order valence-electron chi connectivity index (χ2n) is 3.73. The van der Waals surface area contributed by atoms with Crippen molar-refractivity contribution < 1.29 is 10.2 Å². The summed E-state index contributed by atoms with van der Waals surface area (Å²) in [5.41, 5.74) is 7.10. The van der Waals surface area contributed by atoms with Crippen LogP contribution < -0.4 is 5.73 Å². The predicted octanol–water partition coefficient (Wildman–Crippen LogP) is 2.71. The van der Waals surface area contributed by atoms with Gasteiger partial charge in [-0.25, -0.2) is 0 Å². The van der Waals surface area contributed by atoms with Gasteiger partial charge in [-0.1, -0.05) is 29.8 Å². The van der Waals surface area contributed by atoms with E-state index in [4.69, 9.17) is 17.3 Å². The molecule has 0 radical (unpaired) electrons. The monoisotopic (exact) mass is 249 g/mol. The maximum Gasteiger partial charge on any atom is 0.121 e. The number of rotatable bonds is 2. The minimum atomic E-state index is -0.991. The molecule has 0 bridgehead atoms. The number of benzene rings is 2. The van der Waals surface area contributed by atoms with Crippen LogP contribution in [0.3, 0.4) is 0 Å². The van der Waals surface area contributed by atoms with Gasteiger partial charge in [0, 0.05) is 21.8 Å². The third-order valence-electron chi connectivity index (χ3n) is 2.57. The molecule has 4 N–H and O–H groups in total. The van der Waals surface area contributed by atoms with Gasteiger partial charge in [-0.15, -0.1) is 0 Å². The van der Waals surface area contributed by atoms with Crippen molar-refractivity contribution in [2.24, 2.45) is 0 Å². The van der Waals surface area contributed by atoms with Crippen LogP contribution in [0.15, 0.2) is 42.5 Å². The lowest BCUT2D eigenvalue weighted by Gasteiger charge is -2.15. The maximum atomic E-state index is 10.2. The summed E-state index contributed by atoms with van der Waals surface area (Å²) >= 11 is 5.86.